The molecule has 1 aromatic carbocycles. The number of benzene rings is 1. The molecule has 1 aromatic rings. The van der Waals surface area contributed by atoms with E-state index in [9.17, 15) is 0 Å². The molecule has 0 radical (unpaired) electrons. The van der Waals surface area contributed by atoms with Crippen LogP contribution in [0.25, 0.3) is 0 Å². The molecule has 16 heavy (non-hydrogen) atoms. The van der Waals surface area contributed by atoms with Crippen LogP contribution in [0.4, 0.5) is 0 Å². The van der Waals surface area contributed by atoms with Gasteiger partial charge in [0.2, 0.25) is 0 Å². The molecular formula is C13H19NOS. The molecule has 2 nitrogen and oxygen atoms in total. The van der Waals surface area contributed by atoms with Crippen molar-refractivity contribution in [1.29, 1.82) is 0 Å². The molecular weight excluding hydrogens is 218 g/mol. The Morgan fingerprint density at radius 2 is 2.31 bits per heavy atom. The molecule has 0 saturated heterocycles. The zero-order valence-corrected chi connectivity index (χ0v) is 10.7. The summed E-state index contributed by atoms with van der Waals surface area (Å²) in [6.07, 6.45) is 1.05. The zero-order chi connectivity index (χ0) is 11.5. The van der Waals surface area contributed by atoms with Gasteiger partial charge in [-0.25, -0.2) is 0 Å². The van der Waals surface area contributed by atoms with E-state index in [2.05, 4.69) is 19.1 Å². The van der Waals surface area contributed by atoms with Crippen molar-refractivity contribution >= 4 is 11.8 Å². The van der Waals surface area contributed by atoms with Crippen molar-refractivity contribution in [3.8, 4) is 5.75 Å². The highest BCUT2D eigenvalue weighted by Gasteiger charge is 2.20. The van der Waals surface area contributed by atoms with Gasteiger partial charge >= 0.3 is 0 Å². The molecule has 3 heteroatoms. The van der Waals surface area contributed by atoms with E-state index in [0.717, 1.165) is 17.9 Å². The van der Waals surface area contributed by atoms with Crippen molar-refractivity contribution in [3.63, 3.8) is 0 Å². The predicted molar refractivity (Wildman–Crippen MR) is 69.9 cm³/mol. The Morgan fingerprint density at radius 1 is 1.50 bits per heavy atom. The van der Waals surface area contributed by atoms with Gasteiger partial charge in [0.05, 0.1) is 6.61 Å². The zero-order valence-electron chi connectivity index (χ0n) is 9.90. The monoisotopic (exact) mass is 237 g/mol. The average Bonchev–Trinajstić information content (AvgIpc) is 2.40. The first-order chi connectivity index (χ1) is 7.70. The number of hydrogen-bond acceptors (Lipinski definition) is 3. The van der Waals surface area contributed by atoms with Crippen LogP contribution in [0.2, 0.25) is 0 Å². The van der Waals surface area contributed by atoms with Gasteiger partial charge in [0.25, 0.3) is 0 Å². The number of fused-ring (bicyclic) bond motifs is 1. The highest BCUT2D eigenvalue weighted by atomic mass is 32.2. The highest BCUT2D eigenvalue weighted by molar-refractivity contribution is 7.99. The third kappa shape index (κ3) is 2.53. The fourth-order valence-electron chi connectivity index (χ4n) is 2.09. The second-order valence-electron chi connectivity index (χ2n) is 4.26. The molecule has 0 aromatic heterocycles. The van der Waals surface area contributed by atoms with Gasteiger partial charge in [0.15, 0.2) is 0 Å². The van der Waals surface area contributed by atoms with Crippen LogP contribution in [0.5, 0.6) is 5.75 Å². The molecule has 2 atom stereocenters. The Hall–Kier alpha value is -0.670. The number of nitrogens with two attached hydrogens (primary N) is 1. The fraction of sp³-hybridized carbons (Fsp3) is 0.538. The average molecular weight is 237 g/mol. The Bertz CT molecular complexity index is 367. The molecule has 2 unspecified atom stereocenters. The van der Waals surface area contributed by atoms with Crippen molar-refractivity contribution < 1.29 is 4.74 Å². The molecule has 1 aliphatic heterocycles. The van der Waals surface area contributed by atoms with E-state index >= 15 is 0 Å². The first-order valence-electron chi connectivity index (χ1n) is 5.83. The summed E-state index contributed by atoms with van der Waals surface area (Å²) in [6, 6.07) is 6.47. The molecule has 1 aliphatic rings. The summed E-state index contributed by atoms with van der Waals surface area (Å²) >= 11 is 1.98. The van der Waals surface area contributed by atoms with Gasteiger partial charge in [-0.1, -0.05) is 13.0 Å². The van der Waals surface area contributed by atoms with Gasteiger partial charge in [0.1, 0.15) is 5.75 Å². The first kappa shape index (κ1) is 11.8. The Balaban J connectivity index is 2.30. The van der Waals surface area contributed by atoms with Crippen molar-refractivity contribution in [2.45, 2.75) is 37.3 Å². The van der Waals surface area contributed by atoms with E-state index in [1.54, 1.807) is 0 Å². The summed E-state index contributed by atoms with van der Waals surface area (Å²) in [4.78, 5) is 0. The van der Waals surface area contributed by atoms with Crippen molar-refractivity contribution in [3.05, 3.63) is 29.3 Å². The minimum atomic E-state index is 0.153. The summed E-state index contributed by atoms with van der Waals surface area (Å²) in [5, 5.41) is 0.637. The van der Waals surface area contributed by atoms with E-state index in [1.165, 1.54) is 11.1 Å². The topological polar surface area (TPSA) is 35.2 Å². The predicted octanol–water partition coefficient (Wildman–Crippen LogP) is 3.11. The number of hydrogen-bond donors (Lipinski definition) is 1. The number of ether oxygens (including phenoxy) is 1. The maximum absolute atomic E-state index is 6.23. The Kier molecular flexibility index (Phi) is 3.77. The summed E-state index contributed by atoms with van der Waals surface area (Å²) in [5.41, 5.74) is 8.87. The van der Waals surface area contributed by atoms with Crippen LogP contribution in [-0.2, 0) is 5.75 Å². The van der Waals surface area contributed by atoms with Crippen molar-refractivity contribution in [1.82, 2.24) is 0 Å². The van der Waals surface area contributed by atoms with Gasteiger partial charge in [-0.3, -0.25) is 0 Å². The first-order valence-corrected chi connectivity index (χ1v) is 6.88. The second kappa shape index (κ2) is 5.11. The standard InChI is InChI=1S/C13H19NOS/c1-3-15-11-5-4-10-8-16-9(2)6-13(14)12(10)7-11/h4-5,7,9,13H,3,6,8,14H2,1-2H3. The molecule has 88 valence electrons. The molecule has 0 saturated carbocycles. The van der Waals surface area contributed by atoms with E-state index in [0.29, 0.717) is 11.9 Å². The largest absolute Gasteiger partial charge is 0.494 e. The smallest absolute Gasteiger partial charge is 0.119 e. The minimum absolute atomic E-state index is 0.153. The quantitative estimate of drug-likeness (QED) is 0.858. The summed E-state index contributed by atoms with van der Waals surface area (Å²) in [6.45, 7) is 4.96. The summed E-state index contributed by atoms with van der Waals surface area (Å²) in [7, 11) is 0. The lowest BCUT2D eigenvalue weighted by molar-refractivity contribution is 0.339. The molecule has 2 rings (SSSR count). The third-order valence-corrected chi connectivity index (χ3v) is 4.18. The van der Waals surface area contributed by atoms with E-state index in [4.69, 9.17) is 10.5 Å². The van der Waals surface area contributed by atoms with Crippen LogP contribution >= 0.6 is 11.8 Å². The number of thioether (sulfide) groups is 1. The highest BCUT2D eigenvalue weighted by Crippen LogP contribution is 2.35. The maximum atomic E-state index is 6.23. The van der Waals surface area contributed by atoms with Crippen LogP contribution in [0.15, 0.2) is 18.2 Å². The van der Waals surface area contributed by atoms with E-state index in [1.807, 2.05) is 24.8 Å². The Labute approximate surface area is 102 Å². The fourth-order valence-corrected chi connectivity index (χ4v) is 3.16. The second-order valence-corrected chi connectivity index (χ2v) is 5.68. The van der Waals surface area contributed by atoms with E-state index in [-0.39, 0.29) is 6.04 Å². The van der Waals surface area contributed by atoms with E-state index < -0.39 is 0 Å². The van der Waals surface area contributed by atoms with Gasteiger partial charge in [-0.15, -0.1) is 0 Å². The molecule has 0 bridgehead atoms. The van der Waals surface area contributed by atoms with Gasteiger partial charge < -0.3 is 10.5 Å². The van der Waals surface area contributed by atoms with Gasteiger partial charge in [-0.05, 0) is 36.6 Å². The van der Waals surface area contributed by atoms with Crippen molar-refractivity contribution in [2.24, 2.45) is 5.73 Å². The molecule has 0 fully saturated rings. The lowest BCUT2D eigenvalue weighted by atomic mass is 9.98. The van der Waals surface area contributed by atoms with Crippen LogP contribution in [-0.4, -0.2) is 11.9 Å². The van der Waals surface area contributed by atoms with Gasteiger partial charge in [-0.2, -0.15) is 11.8 Å². The molecule has 2 N–H and O–H groups in total. The molecule has 1 heterocycles. The van der Waals surface area contributed by atoms with Crippen LogP contribution < -0.4 is 10.5 Å². The maximum Gasteiger partial charge on any atom is 0.119 e. The molecule has 0 amide bonds. The third-order valence-electron chi connectivity index (χ3n) is 2.94. The van der Waals surface area contributed by atoms with Crippen LogP contribution in [0, 0.1) is 0 Å². The van der Waals surface area contributed by atoms with Crippen LogP contribution in [0.3, 0.4) is 0 Å². The SMILES string of the molecule is CCOc1ccc2c(c1)C(N)CC(C)SC2. The normalized spacial score (nSPS) is 24.7. The lowest BCUT2D eigenvalue weighted by Crippen LogP contribution is -2.14. The molecule has 0 aliphatic carbocycles. The minimum Gasteiger partial charge on any atom is -0.494 e. The van der Waals surface area contributed by atoms with Gasteiger partial charge in [0, 0.05) is 17.0 Å². The summed E-state index contributed by atoms with van der Waals surface area (Å²) in [5.74, 6) is 2.01. The summed E-state index contributed by atoms with van der Waals surface area (Å²) < 4.78 is 5.53. The Morgan fingerprint density at radius 3 is 3.06 bits per heavy atom. The van der Waals surface area contributed by atoms with Crippen LogP contribution in [0.1, 0.15) is 37.4 Å². The lowest BCUT2D eigenvalue weighted by Gasteiger charge is -2.15. The molecule has 0 spiro atoms. The van der Waals surface area contributed by atoms with Crippen molar-refractivity contribution in [2.75, 3.05) is 6.61 Å². The number of rotatable bonds is 2.